The summed E-state index contributed by atoms with van der Waals surface area (Å²) in [6, 6.07) is 16.4. The van der Waals surface area contributed by atoms with Gasteiger partial charge in [-0.3, -0.25) is 14.3 Å². The number of aliphatic imine (C=N–C) groups is 1. The molecule has 8 heteroatoms. The number of allylic oxidation sites excluding steroid dienone is 1. The molecule has 0 bridgehead atoms. The molecule has 2 aromatic carbocycles. The van der Waals surface area contributed by atoms with E-state index in [0.717, 1.165) is 16.9 Å². The smallest absolute Gasteiger partial charge is 0.315 e. The van der Waals surface area contributed by atoms with Crippen LogP contribution in [0.1, 0.15) is 25.1 Å². The first-order valence-electron chi connectivity index (χ1n) is 10.8. The number of carbonyl (C=O) groups excluding carboxylic acids is 1. The van der Waals surface area contributed by atoms with E-state index in [2.05, 4.69) is 4.99 Å². The minimum Gasteiger partial charge on any atom is -0.426 e. The average molecular weight is 498 g/mol. The Labute approximate surface area is 208 Å². The molecule has 1 aromatic heterocycles. The predicted octanol–water partition coefficient (Wildman–Crippen LogP) is 5.73. The fraction of sp³-hybridized carbons (Fsp3) is 0.269. The molecule has 0 saturated heterocycles. The van der Waals surface area contributed by atoms with Crippen LogP contribution < -0.4 is 10.3 Å². The van der Waals surface area contributed by atoms with Crippen LogP contribution in [0.3, 0.4) is 0 Å². The van der Waals surface area contributed by atoms with Crippen LogP contribution in [0.2, 0.25) is 0 Å². The number of carbonyl (C=O) groups is 1. The van der Waals surface area contributed by atoms with Crippen molar-refractivity contribution in [3.63, 3.8) is 0 Å². The molecule has 34 heavy (non-hydrogen) atoms. The van der Waals surface area contributed by atoms with Crippen LogP contribution in [-0.4, -0.2) is 21.5 Å². The van der Waals surface area contributed by atoms with Crippen LogP contribution in [0, 0.1) is 24.2 Å². The first-order valence-corrected chi connectivity index (χ1v) is 11.6. The summed E-state index contributed by atoms with van der Waals surface area (Å²) in [7, 11) is 1.83. The molecular formula is C26H25Cl2N3O3. The van der Waals surface area contributed by atoms with Gasteiger partial charge >= 0.3 is 5.97 Å². The van der Waals surface area contributed by atoms with Gasteiger partial charge in [0, 0.05) is 13.3 Å². The summed E-state index contributed by atoms with van der Waals surface area (Å²) >= 11 is 11.5. The monoisotopic (exact) mass is 497 g/mol. The van der Waals surface area contributed by atoms with E-state index < -0.39 is 0 Å². The summed E-state index contributed by atoms with van der Waals surface area (Å²) in [6.45, 7) is 5.82. The largest absolute Gasteiger partial charge is 0.426 e. The number of ether oxygens (including phenoxy) is 1. The van der Waals surface area contributed by atoms with Gasteiger partial charge in [-0.1, -0.05) is 55.2 Å². The highest BCUT2D eigenvalue weighted by atomic mass is 35.5. The van der Waals surface area contributed by atoms with E-state index in [-0.39, 0.29) is 33.3 Å². The first kappa shape index (κ1) is 24.0. The number of para-hydroxylation sites is 1. The fourth-order valence-electron chi connectivity index (χ4n) is 4.22. The highest BCUT2D eigenvalue weighted by Gasteiger charge is 2.61. The number of rotatable bonds is 6. The van der Waals surface area contributed by atoms with E-state index in [9.17, 15) is 9.59 Å². The molecule has 1 aliphatic carbocycles. The van der Waals surface area contributed by atoms with Gasteiger partial charge in [-0.2, -0.15) is 0 Å². The zero-order chi connectivity index (χ0) is 24.6. The molecule has 2 atom stereocenters. The van der Waals surface area contributed by atoms with Crippen LogP contribution in [0.5, 0.6) is 5.75 Å². The van der Waals surface area contributed by atoms with Gasteiger partial charge in [-0.25, -0.2) is 9.67 Å². The van der Waals surface area contributed by atoms with Crippen molar-refractivity contribution in [2.75, 3.05) is 0 Å². The molecule has 0 radical (unpaired) electrons. The summed E-state index contributed by atoms with van der Waals surface area (Å²) in [6.07, 6.45) is 3.31. The zero-order valence-electron chi connectivity index (χ0n) is 19.3. The Kier molecular flexibility index (Phi) is 6.56. The Morgan fingerprint density at radius 2 is 1.74 bits per heavy atom. The maximum Gasteiger partial charge on any atom is 0.315 e. The third-order valence-corrected chi connectivity index (χ3v) is 6.69. The molecule has 1 aliphatic rings. The number of benzene rings is 2. The Morgan fingerprint density at radius 3 is 2.35 bits per heavy atom. The van der Waals surface area contributed by atoms with Crippen LogP contribution in [-0.2, 0) is 11.8 Å². The van der Waals surface area contributed by atoms with Gasteiger partial charge in [0.25, 0.3) is 5.56 Å². The van der Waals surface area contributed by atoms with Crippen LogP contribution in [0.15, 0.2) is 75.0 Å². The second-order valence-electron chi connectivity index (χ2n) is 8.94. The fourth-order valence-corrected chi connectivity index (χ4v) is 4.49. The van der Waals surface area contributed by atoms with Crippen molar-refractivity contribution in [2.45, 2.75) is 20.8 Å². The first-order chi connectivity index (χ1) is 16.1. The summed E-state index contributed by atoms with van der Waals surface area (Å²) in [5, 5.41) is 0. The highest BCUT2D eigenvalue weighted by Crippen LogP contribution is 2.60. The Hall–Kier alpha value is -3.09. The number of nitrogens with zero attached hydrogens (tertiary/aromatic N) is 3. The third kappa shape index (κ3) is 4.61. The summed E-state index contributed by atoms with van der Waals surface area (Å²) in [4.78, 5) is 30.0. The molecule has 4 rings (SSSR count). The molecule has 0 amide bonds. The SMILES string of the molecule is Cc1c(N=Cc2ccc(OC(=O)[C@@H]3[C@@H](C=C(Cl)Cl)C3(C)C)cc2)c(=O)n(-c2ccccc2)n1C. The standard InChI is InChI=1S/C26H25Cl2N3O3/c1-16-23(24(32)31(30(16)4)18-8-6-5-7-9-18)29-15-17-10-12-19(13-11-17)34-25(33)22-20(14-21(27)28)26(22,2)3/h5-15,20,22H,1-4H3/t20-,22+/m1/s1. The van der Waals surface area contributed by atoms with E-state index in [0.29, 0.717) is 11.4 Å². The predicted molar refractivity (Wildman–Crippen MR) is 136 cm³/mol. The normalized spacial score (nSPS) is 18.6. The molecule has 1 heterocycles. The lowest BCUT2D eigenvalue weighted by Gasteiger charge is -2.07. The van der Waals surface area contributed by atoms with E-state index >= 15 is 0 Å². The summed E-state index contributed by atoms with van der Waals surface area (Å²) < 4.78 is 9.08. The number of hydrogen-bond donors (Lipinski definition) is 0. The number of esters is 1. The van der Waals surface area contributed by atoms with Gasteiger partial charge in [0.1, 0.15) is 10.2 Å². The van der Waals surface area contributed by atoms with Crippen molar-refractivity contribution in [1.29, 1.82) is 0 Å². The molecule has 1 saturated carbocycles. The van der Waals surface area contributed by atoms with Gasteiger partial charge in [0.15, 0.2) is 5.69 Å². The van der Waals surface area contributed by atoms with E-state index in [4.69, 9.17) is 27.9 Å². The summed E-state index contributed by atoms with van der Waals surface area (Å²) in [5.41, 5.74) is 2.23. The molecule has 0 unspecified atom stereocenters. The average Bonchev–Trinajstić information content (AvgIpc) is 3.25. The van der Waals surface area contributed by atoms with E-state index in [1.54, 1.807) is 45.9 Å². The Balaban J connectivity index is 1.48. The second-order valence-corrected chi connectivity index (χ2v) is 9.95. The topological polar surface area (TPSA) is 65.6 Å². The van der Waals surface area contributed by atoms with Crippen LogP contribution >= 0.6 is 23.2 Å². The Morgan fingerprint density at radius 1 is 1.09 bits per heavy atom. The van der Waals surface area contributed by atoms with Crippen molar-refractivity contribution < 1.29 is 9.53 Å². The zero-order valence-corrected chi connectivity index (χ0v) is 20.8. The van der Waals surface area contributed by atoms with Gasteiger partial charge < -0.3 is 4.74 Å². The van der Waals surface area contributed by atoms with Crippen molar-refractivity contribution >= 4 is 41.1 Å². The van der Waals surface area contributed by atoms with Crippen molar-refractivity contribution in [2.24, 2.45) is 29.3 Å². The minimum atomic E-state index is -0.316. The molecule has 176 valence electrons. The van der Waals surface area contributed by atoms with Crippen molar-refractivity contribution in [1.82, 2.24) is 9.36 Å². The van der Waals surface area contributed by atoms with E-state index in [1.165, 1.54) is 0 Å². The van der Waals surface area contributed by atoms with Gasteiger partial charge in [0.05, 0.1) is 17.3 Å². The third-order valence-electron chi connectivity index (χ3n) is 6.44. The number of hydrogen-bond acceptors (Lipinski definition) is 4. The molecule has 0 N–H and O–H groups in total. The molecular weight excluding hydrogens is 473 g/mol. The number of halogens is 2. The lowest BCUT2D eigenvalue weighted by Crippen LogP contribution is -2.19. The molecule has 1 fully saturated rings. The Bertz CT molecular complexity index is 1330. The second kappa shape index (κ2) is 9.28. The lowest BCUT2D eigenvalue weighted by molar-refractivity contribution is -0.136. The van der Waals surface area contributed by atoms with Gasteiger partial charge in [-0.15, -0.1) is 0 Å². The maximum absolute atomic E-state index is 13.0. The number of aromatic nitrogens is 2. The summed E-state index contributed by atoms with van der Waals surface area (Å²) in [5.74, 6) is -0.227. The van der Waals surface area contributed by atoms with E-state index in [1.807, 2.05) is 58.2 Å². The van der Waals surface area contributed by atoms with Crippen LogP contribution in [0.25, 0.3) is 5.69 Å². The molecule has 6 nitrogen and oxygen atoms in total. The molecule has 0 aliphatic heterocycles. The van der Waals surface area contributed by atoms with Gasteiger partial charge in [-0.05, 0) is 66.3 Å². The molecule has 0 spiro atoms. The lowest BCUT2D eigenvalue weighted by atomic mass is 10.1. The highest BCUT2D eigenvalue weighted by molar-refractivity contribution is 6.55. The maximum atomic E-state index is 13.0. The quantitative estimate of drug-likeness (QED) is 0.248. The van der Waals surface area contributed by atoms with Gasteiger partial charge in [0.2, 0.25) is 0 Å². The van der Waals surface area contributed by atoms with Crippen LogP contribution in [0.4, 0.5) is 5.69 Å². The molecule has 3 aromatic rings. The van der Waals surface area contributed by atoms with Crippen molar-refractivity contribution in [3.05, 3.63) is 86.8 Å². The van der Waals surface area contributed by atoms with Crippen molar-refractivity contribution in [3.8, 4) is 11.4 Å². The minimum absolute atomic E-state index is 0.0505.